The molecule has 0 amide bonds. The van der Waals surface area contributed by atoms with Crippen LogP contribution in [-0.4, -0.2) is 19.8 Å². The average Bonchev–Trinajstić information content (AvgIpc) is 2.52. The van der Waals surface area contributed by atoms with Gasteiger partial charge in [0.2, 0.25) is 0 Å². The SMILES string of the molecule is Fc1cc[c]([Sn]([CH]2CCCCC2)[CH]2CCCCC2)cc1. The zero-order valence-corrected chi connectivity index (χ0v) is 15.3. The van der Waals surface area contributed by atoms with Gasteiger partial charge in [-0.2, -0.15) is 0 Å². The Morgan fingerprint density at radius 2 is 1.15 bits per heavy atom. The van der Waals surface area contributed by atoms with E-state index in [1.165, 1.54) is 64.2 Å². The van der Waals surface area contributed by atoms with Gasteiger partial charge in [-0.3, -0.25) is 0 Å². The predicted octanol–water partition coefficient (Wildman–Crippen LogP) is 5.20. The van der Waals surface area contributed by atoms with Crippen LogP contribution in [0.5, 0.6) is 0 Å². The molecule has 1 aromatic carbocycles. The van der Waals surface area contributed by atoms with E-state index >= 15 is 0 Å². The van der Waals surface area contributed by atoms with Crippen molar-refractivity contribution in [1.29, 1.82) is 0 Å². The fourth-order valence-corrected chi connectivity index (χ4v) is 16.3. The number of hydrogen-bond donors (Lipinski definition) is 0. The van der Waals surface area contributed by atoms with E-state index in [0.29, 0.717) is 0 Å². The Bertz CT molecular complexity index is 384. The first-order chi connectivity index (χ1) is 9.84. The molecule has 0 spiro atoms. The first kappa shape index (κ1) is 14.9. The second-order valence-electron chi connectivity index (χ2n) is 6.63. The standard InChI is InChI=1S/C6H4F.2C6H11.Sn/c7-6-4-2-1-3-5-6;2*1-2-4-6-5-3-1;/h2-5H;2*1H,2-6H2;. The van der Waals surface area contributed by atoms with Crippen LogP contribution in [0.15, 0.2) is 24.3 Å². The summed E-state index contributed by atoms with van der Waals surface area (Å²) in [6.45, 7) is 0. The third kappa shape index (κ3) is 3.58. The van der Waals surface area contributed by atoms with Gasteiger partial charge in [0, 0.05) is 0 Å². The summed E-state index contributed by atoms with van der Waals surface area (Å²) in [5.41, 5.74) is 0. The van der Waals surface area contributed by atoms with Crippen LogP contribution in [0.3, 0.4) is 0 Å². The van der Waals surface area contributed by atoms with Gasteiger partial charge in [-0.1, -0.05) is 0 Å². The molecule has 0 saturated heterocycles. The molecule has 3 rings (SSSR count). The van der Waals surface area contributed by atoms with Crippen molar-refractivity contribution >= 4 is 23.3 Å². The molecule has 1 aromatic rings. The minimum absolute atomic E-state index is 0.0660. The van der Waals surface area contributed by atoms with E-state index < -0.39 is 19.8 Å². The van der Waals surface area contributed by atoms with Crippen LogP contribution in [0.1, 0.15) is 64.2 Å². The van der Waals surface area contributed by atoms with Crippen molar-refractivity contribution in [3.8, 4) is 0 Å². The number of hydrogen-bond acceptors (Lipinski definition) is 0. The Balaban J connectivity index is 1.83. The van der Waals surface area contributed by atoms with Crippen molar-refractivity contribution in [3.63, 3.8) is 0 Å². The van der Waals surface area contributed by atoms with E-state index in [0.717, 1.165) is 7.87 Å². The van der Waals surface area contributed by atoms with E-state index in [4.69, 9.17) is 0 Å². The summed E-state index contributed by atoms with van der Waals surface area (Å²) in [7, 11) is 0. The number of rotatable bonds is 3. The van der Waals surface area contributed by atoms with Gasteiger partial charge in [-0.25, -0.2) is 0 Å². The van der Waals surface area contributed by atoms with E-state index in [-0.39, 0.29) is 5.82 Å². The fourth-order valence-electron chi connectivity index (χ4n) is 4.27. The van der Waals surface area contributed by atoms with Crippen molar-refractivity contribution in [3.05, 3.63) is 30.1 Å². The Morgan fingerprint density at radius 1 is 0.700 bits per heavy atom. The molecule has 0 N–H and O–H groups in total. The van der Waals surface area contributed by atoms with Gasteiger partial charge < -0.3 is 0 Å². The van der Waals surface area contributed by atoms with Crippen molar-refractivity contribution in [2.45, 2.75) is 72.1 Å². The second kappa shape index (κ2) is 7.28. The maximum absolute atomic E-state index is 13.3. The topological polar surface area (TPSA) is 0 Å². The van der Waals surface area contributed by atoms with Crippen molar-refractivity contribution in [2.24, 2.45) is 0 Å². The Kier molecular flexibility index (Phi) is 5.42. The number of halogens is 1. The Hall–Kier alpha value is -0.0513. The molecule has 2 saturated carbocycles. The summed E-state index contributed by atoms with van der Waals surface area (Å²) in [5.74, 6) is -0.0660. The molecule has 20 heavy (non-hydrogen) atoms. The molecule has 0 atom stereocenters. The summed E-state index contributed by atoms with van der Waals surface area (Å²) in [6, 6.07) is 7.71. The summed E-state index contributed by atoms with van der Waals surface area (Å²) in [5, 5.41) is 0. The van der Waals surface area contributed by atoms with Crippen LogP contribution in [-0.2, 0) is 0 Å². The molecule has 2 aliphatic carbocycles. The summed E-state index contributed by atoms with van der Waals surface area (Å²) >= 11 is -1.62. The molecule has 0 aromatic heterocycles. The molecule has 0 heterocycles. The van der Waals surface area contributed by atoms with E-state index in [1.54, 1.807) is 15.7 Å². The molecular weight excluding hydrogens is 354 g/mol. The Labute approximate surface area is 129 Å². The van der Waals surface area contributed by atoms with E-state index in [1.807, 2.05) is 0 Å². The molecule has 2 aliphatic rings. The third-order valence-electron chi connectivity index (χ3n) is 5.27. The minimum atomic E-state index is -1.62. The van der Waals surface area contributed by atoms with Gasteiger partial charge in [0.25, 0.3) is 0 Å². The Morgan fingerprint density at radius 3 is 1.60 bits per heavy atom. The van der Waals surface area contributed by atoms with Crippen molar-refractivity contribution < 1.29 is 4.39 Å². The van der Waals surface area contributed by atoms with Gasteiger partial charge >= 0.3 is 130 Å². The summed E-state index contributed by atoms with van der Waals surface area (Å²) in [4.78, 5) is 0. The summed E-state index contributed by atoms with van der Waals surface area (Å²) in [6.07, 6.45) is 14.6. The van der Waals surface area contributed by atoms with Gasteiger partial charge in [-0.15, -0.1) is 0 Å². The molecule has 1 radical (unpaired) electrons. The normalized spacial score (nSPS) is 22.3. The zero-order valence-electron chi connectivity index (χ0n) is 12.4. The van der Waals surface area contributed by atoms with Crippen LogP contribution >= 0.6 is 0 Å². The molecule has 109 valence electrons. The van der Waals surface area contributed by atoms with Gasteiger partial charge in [0.05, 0.1) is 0 Å². The number of benzene rings is 1. The molecule has 0 bridgehead atoms. The molecular formula is C18H26FSn. The van der Waals surface area contributed by atoms with E-state index in [2.05, 4.69) is 12.1 Å². The quantitative estimate of drug-likeness (QED) is 0.633. The maximum atomic E-state index is 13.3. The first-order valence-corrected chi connectivity index (χ1v) is 13.2. The summed E-state index contributed by atoms with van der Waals surface area (Å²) < 4.78 is 16.9. The van der Waals surface area contributed by atoms with E-state index in [9.17, 15) is 4.39 Å². The fraction of sp³-hybridized carbons (Fsp3) is 0.667. The van der Waals surface area contributed by atoms with Crippen LogP contribution in [0, 0.1) is 5.82 Å². The monoisotopic (exact) mass is 381 g/mol. The second-order valence-corrected chi connectivity index (χ2v) is 15.5. The zero-order chi connectivity index (χ0) is 13.8. The molecule has 0 aliphatic heterocycles. The van der Waals surface area contributed by atoms with Crippen molar-refractivity contribution in [2.75, 3.05) is 0 Å². The van der Waals surface area contributed by atoms with Crippen LogP contribution in [0.25, 0.3) is 0 Å². The predicted molar refractivity (Wildman–Crippen MR) is 85.5 cm³/mol. The van der Waals surface area contributed by atoms with Gasteiger partial charge in [-0.05, 0) is 0 Å². The van der Waals surface area contributed by atoms with Crippen LogP contribution in [0.4, 0.5) is 4.39 Å². The van der Waals surface area contributed by atoms with Gasteiger partial charge in [0.15, 0.2) is 0 Å². The van der Waals surface area contributed by atoms with Crippen LogP contribution in [0.2, 0.25) is 7.87 Å². The molecule has 2 heteroatoms. The third-order valence-corrected chi connectivity index (χ3v) is 16.4. The molecule has 2 fully saturated rings. The molecule has 0 unspecified atom stereocenters. The average molecular weight is 380 g/mol. The van der Waals surface area contributed by atoms with Crippen molar-refractivity contribution in [1.82, 2.24) is 0 Å². The van der Waals surface area contributed by atoms with Crippen LogP contribution < -0.4 is 3.58 Å². The first-order valence-electron chi connectivity index (χ1n) is 8.47. The molecule has 0 nitrogen and oxygen atoms in total. The van der Waals surface area contributed by atoms with Gasteiger partial charge in [0.1, 0.15) is 0 Å².